The summed E-state index contributed by atoms with van der Waals surface area (Å²) in [5, 5.41) is 2.88. The maximum absolute atomic E-state index is 12.1. The number of ether oxygens (including phenoxy) is 1. The number of benzene rings is 2. The summed E-state index contributed by atoms with van der Waals surface area (Å²) in [5.41, 5.74) is 2.66. The van der Waals surface area contributed by atoms with Gasteiger partial charge in [-0.1, -0.05) is 12.1 Å². The minimum atomic E-state index is -3.45. The molecule has 0 aliphatic carbocycles. The van der Waals surface area contributed by atoms with E-state index in [1.165, 1.54) is 4.31 Å². The number of anilines is 2. The molecule has 1 N–H and O–H groups in total. The van der Waals surface area contributed by atoms with Gasteiger partial charge in [0.25, 0.3) is 0 Å². The van der Waals surface area contributed by atoms with Crippen LogP contribution in [0, 0.1) is 0 Å². The lowest BCUT2D eigenvalue weighted by molar-refractivity contribution is -0.121. The molecule has 0 aromatic heterocycles. The Balaban J connectivity index is 1.85. The maximum atomic E-state index is 12.1. The zero-order valence-electron chi connectivity index (χ0n) is 17.4. The van der Waals surface area contributed by atoms with Gasteiger partial charge < -0.3 is 15.0 Å². The SMILES string of the molecule is COc1ccc(N(CCCC(=O)NCc2ccc(N(C)C)cc2)S(C)(=O)=O)cc1. The van der Waals surface area contributed by atoms with Gasteiger partial charge in [-0.25, -0.2) is 8.42 Å². The number of rotatable bonds is 10. The topological polar surface area (TPSA) is 79.0 Å². The zero-order valence-corrected chi connectivity index (χ0v) is 18.2. The molecule has 0 spiro atoms. The van der Waals surface area contributed by atoms with Gasteiger partial charge in [0, 0.05) is 39.3 Å². The third-order valence-electron chi connectivity index (χ3n) is 4.47. The van der Waals surface area contributed by atoms with Crippen LogP contribution >= 0.6 is 0 Å². The zero-order chi connectivity index (χ0) is 21.4. The third kappa shape index (κ3) is 6.98. The van der Waals surface area contributed by atoms with Gasteiger partial charge in [-0.2, -0.15) is 0 Å². The van der Waals surface area contributed by atoms with Gasteiger partial charge in [0.1, 0.15) is 5.75 Å². The van der Waals surface area contributed by atoms with Crippen molar-refractivity contribution in [1.29, 1.82) is 0 Å². The average Bonchev–Trinajstić information content (AvgIpc) is 2.69. The quantitative estimate of drug-likeness (QED) is 0.640. The first-order valence-corrected chi connectivity index (χ1v) is 11.2. The molecule has 2 aromatic rings. The molecule has 0 fully saturated rings. The maximum Gasteiger partial charge on any atom is 0.232 e. The number of nitrogens with one attached hydrogen (secondary N) is 1. The summed E-state index contributed by atoms with van der Waals surface area (Å²) >= 11 is 0. The third-order valence-corrected chi connectivity index (χ3v) is 5.66. The second-order valence-electron chi connectivity index (χ2n) is 6.97. The van der Waals surface area contributed by atoms with E-state index in [4.69, 9.17) is 4.74 Å². The molecule has 0 aliphatic heterocycles. The van der Waals surface area contributed by atoms with E-state index in [9.17, 15) is 13.2 Å². The van der Waals surface area contributed by atoms with Gasteiger partial charge in [-0.05, 0) is 48.4 Å². The summed E-state index contributed by atoms with van der Waals surface area (Å²) in [6, 6.07) is 14.8. The normalized spacial score (nSPS) is 11.0. The molecule has 0 radical (unpaired) electrons. The predicted molar refractivity (Wildman–Crippen MR) is 117 cm³/mol. The molecule has 2 rings (SSSR count). The monoisotopic (exact) mass is 419 g/mol. The minimum absolute atomic E-state index is 0.107. The molecule has 0 saturated carbocycles. The van der Waals surface area contributed by atoms with Crippen molar-refractivity contribution in [2.75, 3.05) is 43.2 Å². The molecule has 8 heteroatoms. The highest BCUT2D eigenvalue weighted by Crippen LogP contribution is 2.22. The smallest absolute Gasteiger partial charge is 0.232 e. The first-order valence-electron chi connectivity index (χ1n) is 9.35. The van der Waals surface area contributed by atoms with Crippen LogP contribution in [0.15, 0.2) is 48.5 Å². The van der Waals surface area contributed by atoms with Crippen LogP contribution in [0.25, 0.3) is 0 Å². The number of sulfonamides is 1. The average molecular weight is 420 g/mol. The molecule has 158 valence electrons. The Labute approximate surface area is 173 Å². The highest BCUT2D eigenvalue weighted by atomic mass is 32.2. The molecule has 1 amide bonds. The molecule has 0 saturated heterocycles. The molecule has 0 bridgehead atoms. The van der Waals surface area contributed by atoms with Crippen LogP contribution in [0.1, 0.15) is 18.4 Å². The Hall–Kier alpha value is -2.74. The first-order chi connectivity index (χ1) is 13.7. The second-order valence-corrected chi connectivity index (χ2v) is 8.88. The van der Waals surface area contributed by atoms with E-state index in [0.717, 1.165) is 17.5 Å². The fourth-order valence-electron chi connectivity index (χ4n) is 2.82. The Morgan fingerprint density at radius 1 is 1.00 bits per heavy atom. The van der Waals surface area contributed by atoms with Gasteiger partial charge >= 0.3 is 0 Å². The molecular formula is C21H29N3O4S. The van der Waals surface area contributed by atoms with E-state index < -0.39 is 10.0 Å². The summed E-state index contributed by atoms with van der Waals surface area (Å²) in [7, 11) is 2.06. The Morgan fingerprint density at radius 3 is 2.10 bits per heavy atom. The van der Waals surface area contributed by atoms with Crippen molar-refractivity contribution >= 4 is 27.3 Å². The van der Waals surface area contributed by atoms with Gasteiger partial charge in [0.2, 0.25) is 15.9 Å². The van der Waals surface area contributed by atoms with Crippen LogP contribution in [0.4, 0.5) is 11.4 Å². The summed E-state index contributed by atoms with van der Waals surface area (Å²) in [4.78, 5) is 14.2. The lowest BCUT2D eigenvalue weighted by Gasteiger charge is -2.22. The summed E-state index contributed by atoms with van der Waals surface area (Å²) in [5.74, 6) is 0.546. The van der Waals surface area contributed by atoms with Crippen molar-refractivity contribution in [3.63, 3.8) is 0 Å². The van der Waals surface area contributed by atoms with Crippen LogP contribution in [0.3, 0.4) is 0 Å². The molecule has 2 aromatic carbocycles. The number of hydrogen-bond donors (Lipinski definition) is 1. The lowest BCUT2D eigenvalue weighted by Crippen LogP contribution is -2.32. The van der Waals surface area contributed by atoms with E-state index in [1.807, 2.05) is 43.3 Å². The standard InChI is InChI=1S/C21H29N3O4S/c1-23(2)18-9-7-17(8-10-18)16-22-21(25)6-5-15-24(29(4,26)27)19-11-13-20(28-3)14-12-19/h7-14H,5-6,15-16H2,1-4H3,(H,22,25). The van der Waals surface area contributed by atoms with Crippen LogP contribution < -0.4 is 19.3 Å². The van der Waals surface area contributed by atoms with Crippen molar-refractivity contribution in [2.45, 2.75) is 19.4 Å². The Morgan fingerprint density at radius 2 is 1.59 bits per heavy atom. The number of nitrogens with zero attached hydrogens (tertiary/aromatic N) is 2. The van der Waals surface area contributed by atoms with Gasteiger partial charge in [0.05, 0.1) is 19.1 Å². The number of hydrogen-bond acceptors (Lipinski definition) is 5. The minimum Gasteiger partial charge on any atom is -0.497 e. The highest BCUT2D eigenvalue weighted by molar-refractivity contribution is 7.92. The Bertz CT molecular complexity index is 895. The fourth-order valence-corrected chi connectivity index (χ4v) is 3.78. The van der Waals surface area contributed by atoms with Gasteiger partial charge in [-0.15, -0.1) is 0 Å². The van der Waals surface area contributed by atoms with Crippen LogP contribution in [0.5, 0.6) is 5.75 Å². The first kappa shape index (κ1) is 22.5. The van der Waals surface area contributed by atoms with Crippen molar-refractivity contribution in [2.24, 2.45) is 0 Å². The fraction of sp³-hybridized carbons (Fsp3) is 0.381. The molecular weight excluding hydrogens is 390 g/mol. The molecule has 7 nitrogen and oxygen atoms in total. The van der Waals surface area contributed by atoms with Crippen molar-refractivity contribution in [3.05, 3.63) is 54.1 Å². The molecule has 0 unspecified atom stereocenters. The van der Waals surface area contributed by atoms with Crippen molar-refractivity contribution in [1.82, 2.24) is 5.32 Å². The second kappa shape index (κ2) is 10.2. The molecule has 0 atom stereocenters. The van der Waals surface area contributed by atoms with Crippen molar-refractivity contribution in [3.8, 4) is 5.75 Å². The Kier molecular flexibility index (Phi) is 7.90. The molecule has 0 aliphatic rings. The van der Waals surface area contributed by atoms with E-state index in [0.29, 0.717) is 24.4 Å². The summed E-state index contributed by atoms with van der Waals surface area (Å²) < 4.78 is 30.7. The van der Waals surface area contributed by atoms with Crippen molar-refractivity contribution < 1.29 is 17.9 Å². The van der Waals surface area contributed by atoms with E-state index in [1.54, 1.807) is 31.4 Å². The number of carbonyl (C=O) groups is 1. The summed E-state index contributed by atoms with van der Waals surface area (Å²) in [6.07, 6.45) is 1.83. The van der Waals surface area contributed by atoms with Gasteiger partial charge in [-0.3, -0.25) is 9.10 Å². The van der Waals surface area contributed by atoms with E-state index >= 15 is 0 Å². The van der Waals surface area contributed by atoms with E-state index in [-0.39, 0.29) is 18.9 Å². The summed E-state index contributed by atoms with van der Waals surface area (Å²) in [6.45, 7) is 0.678. The number of carbonyl (C=O) groups excluding carboxylic acids is 1. The van der Waals surface area contributed by atoms with Crippen LogP contribution in [0.2, 0.25) is 0 Å². The highest BCUT2D eigenvalue weighted by Gasteiger charge is 2.17. The number of amides is 1. The largest absolute Gasteiger partial charge is 0.497 e. The molecule has 0 heterocycles. The van der Waals surface area contributed by atoms with E-state index in [2.05, 4.69) is 5.32 Å². The van der Waals surface area contributed by atoms with Crippen LogP contribution in [-0.4, -0.2) is 48.3 Å². The molecule has 29 heavy (non-hydrogen) atoms. The predicted octanol–water partition coefficient (Wildman–Crippen LogP) is 2.62. The van der Waals surface area contributed by atoms with Gasteiger partial charge in [0.15, 0.2) is 0 Å². The lowest BCUT2D eigenvalue weighted by atomic mass is 10.2. The van der Waals surface area contributed by atoms with Crippen LogP contribution in [-0.2, 0) is 21.4 Å². The number of methoxy groups -OCH3 is 1.